The fourth-order valence-electron chi connectivity index (χ4n) is 3.26. The minimum Gasteiger partial charge on any atom is -0.496 e. The van der Waals surface area contributed by atoms with Crippen molar-refractivity contribution in [3.8, 4) is 5.75 Å². The zero-order valence-electron chi connectivity index (χ0n) is 15.9. The lowest BCUT2D eigenvalue weighted by Crippen LogP contribution is -2.40. The lowest BCUT2D eigenvalue weighted by Gasteiger charge is -2.29. The molecule has 0 N–H and O–H groups in total. The average molecular weight is 402 g/mol. The van der Waals surface area contributed by atoms with Crippen LogP contribution in [0.1, 0.15) is 28.2 Å². The van der Waals surface area contributed by atoms with Gasteiger partial charge in [0, 0.05) is 30.8 Å². The molecule has 2 amide bonds. The number of halogens is 1. The zero-order chi connectivity index (χ0) is 20.1. The molecule has 1 heterocycles. The van der Waals surface area contributed by atoms with E-state index in [0.717, 1.165) is 11.3 Å². The summed E-state index contributed by atoms with van der Waals surface area (Å²) < 4.78 is 18.9. The largest absolute Gasteiger partial charge is 0.496 e. The monoisotopic (exact) mass is 402 g/mol. The maximum absolute atomic E-state index is 13.4. The molecule has 2 aromatic carbocycles. The molecule has 0 aromatic heterocycles. The third kappa shape index (κ3) is 4.30. The molecule has 1 aliphatic rings. The van der Waals surface area contributed by atoms with Crippen LogP contribution in [0.4, 0.5) is 4.39 Å². The smallest absolute Gasteiger partial charge is 0.254 e. The Hall–Kier alpha value is -2.54. The highest BCUT2D eigenvalue weighted by molar-refractivity contribution is 8.00. The van der Waals surface area contributed by atoms with E-state index in [1.165, 1.54) is 18.2 Å². The highest BCUT2D eigenvalue weighted by Crippen LogP contribution is 2.42. The summed E-state index contributed by atoms with van der Waals surface area (Å²) >= 11 is 1.55. The lowest BCUT2D eigenvalue weighted by molar-refractivity contribution is -0.128. The van der Waals surface area contributed by atoms with Crippen LogP contribution in [-0.2, 0) is 4.79 Å². The number of ether oxygens (including phenoxy) is 1. The van der Waals surface area contributed by atoms with Gasteiger partial charge in [0.1, 0.15) is 16.9 Å². The third-order valence-electron chi connectivity index (χ3n) is 4.72. The van der Waals surface area contributed by atoms with Crippen LogP contribution in [0, 0.1) is 5.82 Å². The molecule has 1 saturated heterocycles. The van der Waals surface area contributed by atoms with Crippen LogP contribution in [0.5, 0.6) is 5.75 Å². The van der Waals surface area contributed by atoms with Crippen molar-refractivity contribution < 1.29 is 18.7 Å². The number of carbonyl (C=O) groups is 2. The molecule has 1 aliphatic heterocycles. The Morgan fingerprint density at radius 1 is 1.29 bits per heavy atom. The fraction of sp³-hybridized carbons (Fsp3) is 0.333. The van der Waals surface area contributed by atoms with Crippen LogP contribution in [0.2, 0.25) is 0 Å². The van der Waals surface area contributed by atoms with Gasteiger partial charge in [-0.05, 0) is 31.2 Å². The quantitative estimate of drug-likeness (QED) is 0.711. The standard InChI is InChI=1S/C21H23FN2O3S/c1-3-23(20(26)15-7-6-8-16(22)13-15)11-12-24-19(25)14-28-21(24)17-9-4-5-10-18(17)27-2/h4-10,13,21H,3,11-12,14H2,1-2H3/t21-/m0/s1. The second-order valence-electron chi connectivity index (χ2n) is 6.39. The summed E-state index contributed by atoms with van der Waals surface area (Å²) in [6.45, 7) is 3.13. The molecule has 3 rings (SSSR count). The molecule has 1 fully saturated rings. The Bertz CT molecular complexity index is 861. The summed E-state index contributed by atoms with van der Waals surface area (Å²) in [6.07, 6.45) is 0. The summed E-state index contributed by atoms with van der Waals surface area (Å²) in [5.74, 6) is 0.490. The molecule has 2 aromatic rings. The summed E-state index contributed by atoms with van der Waals surface area (Å²) in [4.78, 5) is 28.6. The van der Waals surface area contributed by atoms with E-state index < -0.39 is 5.82 Å². The molecular weight excluding hydrogens is 379 g/mol. The molecule has 28 heavy (non-hydrogen) atoms. The van der Waals surface area contributed by atoms with Gasteiger partial charge in [-0.2, -0.15) is 0 Å². The number of nitrogens with zero attached hydrogens (tertiary/aromatic N) is 2. The zero-order valence-corrected chi connectivity index (χ0v) is 16.7. The molecule has 1 atom stereocenters. The average Bonchev–Trinajstić information content (AvgIpc) is 3.08. The Morgan fingerprint density at radius 2 is 2.07 bits per heavy atom. The second-order valence-corrected chi connectivity index (χ2v) is 7.46. The Kier molecular flexibility index (Phi) is 6.57. The van der Waals surface area contributed by atoms with Crippen molar-refractivity contribution in [3.63, 3.8) is 0 Å². The van der Waals surface area contributed by atoms with Gasteiger partial charge < -0.3 is 14.5 Å². The Balaban J connectivity index is 1.73. The first kappa shape index (κ1) is 20.2. The molecular formula is C21H23FN2O3S. The minimum absolute atomic E-state index is 0.0372. The summed E-state index contributed by atoms with van der Waals surface area (Å²) in [6, 6.07) is 13.3. The number of amides is 2. The number of benzene rings is 2. The number of hydrogen-bond donors (Lipinski definition) is 0. The number of rotatable bonds is 7. The first-order chi connectivity index (χ1) is 13.5. The summed E-state index contributed by atoms with van der Waals surface area (Å²) in [5, 5.41) is -0.147. The number of para-hydroxylation sites is 1. The molecule has 0 unspecified atom stereocenters. The predicted molar refractivity (Wildman–Crippen MR) is 108 cm³/mol. The van der Waals surface area contributed by atoms with Gasteiger partial charge in [0.15, 0.2) is 0 Å². The molecule has 0 aliphatic carbocycles. The van der Waals surface area contributed by atoms with Crippen molar-refractivity contribution in [2.75, 3.05) is 32.5 Å². The van der Waals surface area contributed by atoms with E-state index in [9.17, 15) is 14.0 Å². The first-order valence-corrected chi connectivity index (χ1v) is 10.2. The van der Waals surface area contributed by atoms with Gasteiger partial charge in [-0.25, -0.2) is 4.39 Å². The lowest BCUT2D eigenvalue weighted by atomic mass is 10.1. The normalized spacial score (nSPS) is 16.3. The molecule has 0 saturated carbocycles. The first-order valence-electron chi connectivity index (χ1n) is 9.14. The van der Waals surface area contributed by atoms with Crippen LogP contribution >= 0.6 is 11.8 Å². The van der Waals surface area contributed by atoms with E-state index in [4.69, 9.17) is 4.74 Å². The number of hydrogen-bond acceptors (Lipinski definition) is 4. The second kappa shape index (κ2) is 9.10. The highest BCUT2D eigenvalue weighted by Gasteiger charge is 2.34. The number of likely N-dealkylation sites (N-methyl/N-ethyl adjacent to an activating group) is 1. The molecule has 0 spiro atoms. The van der Waals surface area contributed by atoms with Gasteiger partial charge in [-0.15, -0.1) is 11.8 Å². The van der Waals surface area contributed by atoms with Gasteiger partial charge in [-0.1, -0.05) is 24.3 Å². The van der Waals surface area contributed by atoms with Gasteiger partial charge in [0.2, 0.25) is 5.91 Å². The van der Waals surface area contributed by atoms with Crippen LogP contribution in [0.3, 0.4) is 0 Å². The Morgan fingerprint density at radius 3 is 2.79 bits per heavy atom. The van der Waals surface area contributed by atoms with Crippen molar-refractivity contribution in [2.45, 2.75) is 12.3 Å². The highest BCUT2D eigenvalue weighted by atomic mass is 32.2. The fourth-order valence-corrected chi connectivity index (χ4v) is 4.50. The molecule has 0 bridgehead atoms. The van der Waals surface area contributed by atoms with Crippen LogP contribution < -0.4 is 4.74 Å². The van der Waals surface area contributed by atoms with Gasteiger partial charge in [0.05, 0.1) is 12.9 Å². The molecule has 148 valence electrons. The number of thioether (sulfide) groups is 1. The van der Waals surface area contributed by atoms with E-state index in [1.54, 1.807) is 34.7 Å². The SMILES string of the molecule is CCN(CCN1C(=O)CS[C@H]1c1ccccc1OC)C(=O)c1cccc(F)c1. The van der Waals surface area contributed by atoms with E-state index in [-0.39, 0.29) is 17.2 Å². The van der Waals surface area contributed by atoms with Crippen molar-refractivity contribution in [1.82, 2.24) is 9.80 Å². The van der Waals surface area contributed by atoms with E-state index in [1.807, 2.05) is 31.2 Å². The van der Waals surface area contributed by atoms with Crippen LogP contribution in [0.15, 0.2) is 48.5 Å². The van der Waals surface area contributed by atoms with Crippen molar-refractivity contribution in [1.29, 1.82) is 0 Å². The van der Waals surface area contributed by atoms with Crippen molar-refractivity contribution in [3.05, 3.63) is 65.5 Å². The topological polar surface area (TPSA) is 49.9 Å². The van der Waals surface area contributed by atoms with Gasteiger partial charge >= 0.3 is 0 Å². The van der Waals surface area contributed by atoms with E-state index >= 15 is 0 Å². The number of methoxy groups -OCH3 is 1. The van der Waals surface area contributed by atoms with Crippen molar-refractivity contribution in [2.24, 2.45) is 0 Å². The molecule has 5 nitrogen and oxygen atoms in total. The maximum atomic E-state index is 13.4. The van der Waals surface area contributed by atoms with E-state index in [0.29, 0.717) is 31.0 Å². The molecule has 7 heteroatoms. The van der Waals surface area contributed by atoms with Gasteiger partial charge in [-0.3, -0.25) is 9.59 Å². The third-order valence-corrected chi connectivity index (χ3v) is 5.96. The Labute approximate surface area is 168 Å². The minimum atomic E-state index is -0.440. The molecule has 0 radical (unpaired) electrons. The number of carbonyl (C=O) groups excluding carboxylic acids is 2. The van der Waals surface area contributed by atoms with Crippen LogP contribution in [-0.4, -0.2) is 54.1 Å². The maximum Gasteiger partial charge on any atom is 0.254 e. The van der Waals surface area contributed by atoms with E-state index in [2.05, 4.69) is 0 Å². The summed E-state index contributed by atoms with van der Waals surface area (Å²) in [7, 11) is 1.61. The van der Waals surface area contributed by atoms with Gasteiger partial charge in [0.25, 0.3) is 5.91 Å². The summed E-state index contributed by atoms with van der Waals surface area (Å²) in [5.41, 5.74) is 1.26. The van der Waals surface area contributed by atoms with Crippen LogP contribution in [0.25, 0.3) is 0 Å². The van der Waals surface area contributed by atoms with Crippen molar-refractivity contribution >= 4 is 23.6 Å². The predicted octanol–water partition coefficient (Wildman–Crippen LogP) is 3.57.